The summed E-state index contributed by atoms with van der Waals surface area (Å²) in [6.07, 6.45) is 1.31. The van der Waals surface area contributed by atoms with Gasteiger partial charge in [0.1, 0.15) is 0 Å². The maximum absolute atomic E-state index is 13.0. The van der Waals surface area contributed by atoms with Gasteiger partial charge in [-0.2, -0.15) is 0 Å². The summed E-state index contributed by atoms with van der Waals surface area (Å²) in [4.78, 5) is 32.1. The Morgan fingerprint density at radius 3 is 2.50 bits per heavy atom. The first kappa shape index (κ1) is 18.4. The van der Waals surface area contributed by atoms with Crippen LogP contribution in [0.3, 0.4) is 0 Å². The van der Waals surface area contributed by atoms with Crippen LogP contribution in [0.2, 0.25) is 0 Å². The third-order valence-corrected chi connectivity index (χ3v) is 5.81. The molecule has 1 aliphatic heterocycles. The smallest absolute Gasteiger partial charge is 0.293 e. The third-order valence-electron chi connectivity index (χ3n) is 4.94. The van der Waals surface area contributed by atoms with Crippen LogP contribution in [0, 0.1) is 5.92 Å². The maximum Gasteiger partial charge on any atom is 0.293 e. The van der Waals surface area contributed by atoms with Crippen LogP contribution < -0.4 is 5.32 Å². The zero-order valence-electron chi connectivity index (χ0n) is 15.5. The van der Waals surface area contributed by atoms with Gasteiger partial charge < -0.3 is 10.2 Å². The van der Waals surface area contributed by atoms with Crippen molar-refractivity contribution in [2.75, 3.05) is 20.1 Å². The number of amides is 2. The number of aromatic nitrogens is 3. The number of nitrogens with one attached hydrogen (secondary N) is 1. The molecule has 1 N–H and O–H groups in total. The second-order valence-electron chi connectivity index (χ2n) is 6.66. The number of thiophene rings is 1. The Labute approximate surface area is 167 Å². The van der Waals surface area contributed by atoms with E-state index in [0.717, 1.165) is 10.6 Å². The Balaban J connectivity index is 1.60. The molecule has 0 saturated carbocycles. The van der Waals surface area contributed by atoms with E-state index in [1.165, 1.54) is 0 Å². The molecule has 3 heterocycles. The molecule has 1 fully saturated rings. The van der Waals surface area contributed by atoms with E-state index in [-0.39, 0.29) is 23.6 Å². The van der Waals surface area contributed by atoms with E-state index < -0.39 is 0 Å². The van der Waals surface area contributed by atoms with E-state index in [1.807, 2.05) is 47.8 Å². The van der Waals surface area contributed by atoms with E-state index in [2.05, 4.69) is 15.4 Å². The van der Waals surface area contributed by atoms with Gasteiger partial charge in [-0.3, -0.25) is 9.59 Å². The summed E-state index contributed by atoms with van der Waals surface area (Å²) in [5.74, 6) is 0.655. The molecule has 3 aromatic rings. The van der Waals surface area contributed by atoms with E-state index >= 15 is 0 Å². The number of carbonyl (C=O) groups is 2. The average molecular weight is 395 g/mol. The van der Waals surface area contributed by atoms with Crippen LogP contribution in [-0.4, -0.2) is 51.6 Å². The van der Waals surface area contributed by atoms with Gasteiger partial charge in [0.2, 0.25) is 11.7 Å². The molecule has 4 rings (SSSR count). The highest BCUT2D eigenvalue weighted by Crippen LogP contribution is 2.26. The normalized spacial score (nSPS) is 14.8. The second kappa shape index (κ2) is 7.93. The van der Waals surface area contributed by atoms with Crippen molar-refractivity contribution in [3.8, 4) is 16.4 Å². The third kappa shape index (κ3) is 3.55. The van der Waals surface area contributed by atoms with Crippen molar-refractivity contribution in [1.82, 2.24) is 25.0 Å². The van der Waals surface area contributed by atoms with Crippen molar-refractivity contribution in [2.24, 2.45) is 5.92 Å². The Kier molecular flexibility index (Phi) is 5.21. The van der Waals surface area contributed by atoms with Gasteiger partial charge in [-0.15, -0.1) is 16.4 Å². The highest BCUT2D eigenvalue weighted by molar-refractivity contribution is 7.13. The van der Waals surface area contributed by atoms with Crippen LogP contribution >= 0.6 is 11.3 Å². The number of carbonyl (C=O) groups excluding carboxylic acids is 2. The van der Waals surface area contributed by atoms with Crippen molar-refractivity contribution in [3.05, 3.63) is 53.7 Å². The minimum absolute atomic E-state index is 0.0365. The molecular weight excluding hydrogens is 374 g/mol. The lowest BCUT2D eigenvalue weighted by molar-refractivity contribution is -0.125. The molecule has 0 radical (unpaired) electrons. The first-order valence-corrected chi connectivity index (χ1v) is 10.1. The molecule has 1 aromatic carbocycles. The molecule has 28 heavy (non-hydrogen) atoms. The highest BCUT2D eigenvalue weighted by atomic mass is 32.1. The number of piperidine rings is 1. The summed E-state index contributed by atoms with van der Waals surface area (Å²) < 4.78 is 1.72. The monoisotopic (exact) mass is 395 g/mol. The molecule has 144 valence electrons. The largest absolute Gasteiger partial charge is 0.359 e. The first-order chi connectivity index (χ1) is 13.7. The molecule has 2 amide bonds. The summed E-state index contributed by atoms with van der Waals surface area (Å²) in [5, 5.41) is 9.19. The standard InChI is InChI=1S/C20H21N5O2S/c1-21-19(26)14-9-11-24(12-10-14)20(27)17-22-18(16-8-5-13-28-16)25(23-17)15-6-3-2-4-7-15/h2-8,13-14H,9-12H2,1H3,(H,21,26). The topological polar surface area (TPSA) is 80.1 Å². The Hall–Kier alpha value is -3.00. The lowest BCUT2D eigenvalue weighted by Gasteiger charge is -2.30. The fraction of sp³-hybridized carbons (Fsp3) is 0.300. The molecule has 0 spiro atoms. The molecule has 7 nitrogen and oxygen atoms in total. The quantitative estimate of drug-likeness (QED) is 0.736. The molecule has 0 aliphatic carbocycles. The Bertz CT molecular complexity index is 960. The highest BCUT2D eigenvalue weighted by Gasteiger charge is 2.30. The fourth-order valence-corrected chi connectivity index (χ4v) is 4.11. The number of para-hydroxylation sites is 1. The lowest BCUT2D eigenvalue weighted by Crippen LogP contribution is -2.42. The minimum Gasteiger partial charge on any atom is -0.359 e. The molecular formula is C20H21N5O2S. The van der Waals surface area contributed by atoms with Crippen molar-refractivity contribution in [2.45, 2.75) is 12.8 Å². The van der Waals surface area contributed by atoms with Gasteiger partial charge in [0, 0.05) is 26.1 Å². The lowest BCUT2D eigenvalue weighted by atomic mass is 9.96. The zero-order chi connectivity index (χ0) is 19.5. The van der Waals surface area contributed by atoms with Gasteiger partial charge in [-0.25, -0.2) is 9.67 Å². The maximum atomic E-state index is 13.0. The molecule has 1 aliphatic rings. The van der Waals surface area contributed by atoms with Gasteiger partial charge in [0.05, 0.1) is 10.6 Å². The van der Waals surface area contributed by atoms with Crippen molar-refractivity contribution >= 4 is 23.2 Å². The van der Waals surface area contributed by atoms with Gasteiger partial charge in [-0.05, 0) is 36.4 Å². The van der Waals surface area contributed by atoms with Crippen molar-refractivity contribution in [1.29, 1.82) is 0 Å². The molecule has 0 unspecified atom stereocenters. The predicted molar refractivity (Wildman–Crippen MR) is 107 cm³/mol. The first-order valence-electron chi connectivity index (χ1n) is 9.24. The van der Waals surface area contributed by atoms with Crippen LogP contribution in [-0.2, 0) is 4.79 Å². The molecule has 8 heteroatoms. The van der Waals surface area contributed by atoms with Crippen LogP contribution in [0.5, 0.6) is 0 Å². The second-order valence-corrected chi connectivity index (χ2v) is 7.61. The molecule has 0 atom stereocenters. The summed E-state index contributed by atoms with van der Waals surface area (Å²) in [7, 11) is 1.64. The van der Waals surface area contributed by atoms with Gasteiger partial charge in [-0.1, -0.05) is 24.3 Å². The SMILES string of the molecule is CNC(=O)C1CCN(C(=O)c2nc(-c3cccs3)n(-c3ccccc3)n2)CC1. The van der Waals surface area contributed by atoms with Crippen LogP contribution in [0.15, 0.2) is 47.8 Å². The van der Waals surface area contributed by atoms with Crippen LogP contribution in [0.25, 0.3) is 16.4 Å². The van der Waals surface area contributed by atoms with E-state index in [9.17, 15) is 9.59 Å². The summed E-state index contributed by atoms with van der Waals surface area (Å²) in [6.45, 7) is 1.07. The van der Waals surface area contributed by atoms with Gasteiger partial charge >= 0.3 is 0 Å². The predicted octanol–water partition coefficient (Wildman–Crippen LogP) is 2.59. The number of rotatable bonds is 4. The Morgan fingerprint density at radius 2 is 1.86 bits per heavy atom. The number of hydrogen-bond donors (Lipinski definition) is 1. The van der Waals surface area contributed by atoms with Crippen LogP contribution in [0.4, 0.5) is 0 Å². The van der Waals surface area contributed by atoms with E-state index in [4.69, 9.17) is 0 Å². The fourth-order valence-electron chi connectivity index (χ4n) is 3.41. The number of benzene rings is 1. The van der Waals surface area contributed by atoms with Crippen molar-refractivity contribution in [3.63, 3.8) is 0 Å². The number of nitrogens with zero attached hydrogens (tertiary/aromatic N) is 4. The zero-order valence-corrected chi connectivity index (χ0v) is 16.4. The summed E-state index contributed by atoms with van der Waals surface area (Å²) >= 11 is 1.56. The van der Waals surface area contributed by atoms with Gasteiger partial charge in [0.15, 0.2) is 5.82 Å². The summed E-state index contributed by atoms with van der Waals surface area (Å²) in [6, 6.07) is 13.6. The van der Waals surface area contributed by atoms with E-state index in [0.29, 0.717) is 31.8 Å². The average Bonchev–Trinajstić information content (AvgIpc) is 3.43. The Morgan fingerprint density at radius 1 is 1.11 bits per heavy atom. The van der Waals surface area contributed by atoms with Gasteiger partial charge in [0.25, 0.3) is 5.91 Å². The number of hydrogen-bond acceptors (Lipinski definition) is 5. The number of likely N-dealkylation sites (tertiary alicyclic amines) is 1. The molecule has 0 bridgehead atoms. The molecule has 2 aromatic heterocycles. The molecule has 1 saturated heterocycles. The van der Waals surface area contributed by atoms with Crippen molar-refractivity contribution < 1.29 is 9.59 Å². The van der Waals surface area contributed by atoms with E-state index in [1.54, 1.807) is 28.0 Å². The van der Waals surface area contributed by atoms with Crippen LogP contribution in [0.1, 0.15) is 23.5 Å². The minimum atomic E-state index is -0.192. The summed E-state index contributed by atoms with van der Waals surface area (Å²) in [5.41, 5.74) is 0.857.